The van der Waals surface area contributed by atoms with E-state index in [9.17, 15) is 0 Å². The fraction of sp³-hybridized carbons (Fsp3) is 0.143. The fourth-order valence-electron chi connectivity index (χ4n) is 3.46. The van der Waals surface area contributed by atoms with Crippen LogP contribution in [0.1, 0.15) is 5.56 Å². The first-order valence-electron chi connectivity index (χ1n) is 11.2. The third-order valence-corrected chi connectivity index (χ3v) is 6.04. The Kier molecular flexibility index (Phi) is 8.20. The second kappa shape index (κ2) is 11.9. The molecule has 0 saturated heterocycles. The van der Waals surface area contributed by atoms with E-state index in [1.54, 1.807) is 38.3 Å². The van der Waals surface area contributed by atoms with Gasteiger partial charge in [0.1, 0.15) is 11.5 Å². The summed E-state index contributed by atoms with van der Waals surface area (Å²) in [6, 6.07) is 21.2. The summed E-state index contributed by atoms with van der Waals surface area (Å²) in [5.74, 6) is 3.19. The number of para-hydroxylation sites is 1. The highest BCUT2D eigenvalue weighted by atomic mass is 32.1. The van der Waals surface area contributed by atoms with Gasteiger partial charge in [0.05, 0.1) is 39.8 Å². The van der Waals surface area contributed by atoms with Crippen LogP contribution in [0.5, 0.6) is 28.7 Å². The third kappa shape index (κ3) is 5.67. The minimum Gasteiger partial charge on any atom is -0.493 e. The summed E-state index contributed by atoms with van der Waals surface area (Å²) in [5.41, 5.74) is 2.60. The molecule has 0 unspecified atom stereocenters. The topological polar surface area (TPSA) is 66.6 Å². The summed E-state index contributed by atoms with van der Waals surface area (Å²) < 4.78 is 24.2. The Balaban J connectivity index is 1.69. The molecule has 0 bridgehead atoms. The van der Waals surface area contributed by atoms with E-state index in [2.05, 4.69) is 11.6 Å². The maximum atomic E-state index is 5.88. The van der Waals surface area contributed by atoms with Crippen LogP contribution in [0.3, 0.4) is 0 Å². The normalized spacial score (nSPS) is 11.5. The Morgan fingerprint density at radius 2 is 1.56 bits per heavy atom. The zero-order chi connectivity index (χ0) is 25.3. The average Bonchev–Trinajstić information content (AvgIpc) is 3.33. The maximum absolute atomic E-state index is 5.88. The van der Waals surface area contributed by atoms with Crippen molar-refractivity contribution >= 4 is 17.6 Å². The van der Waals surface area contributed by atoms with Crippen molar-refractivity contribution < 1.29 is 18.9 Å². The highest BCUT2D eigenvalue weighted by Gasteiger charge is 2.17. The van der Waals surface area contributed by atoms with Crippen LogP contribution >= 0.6 is 11.3 Å². The number of hydrogen-bond donors (Lipinski definition) is 0. The van der Waals surface area contributed by atoms with Crippen LogP contribution in [0.4, 0.5) is 0 Å². The largest absolute Gasteiger partial charge is 0.493 e. The molecule has 0 aliphatic carbocycles. The number of rotatable bonds is 10. The first kappa shape index (κ1) is 24.8. The van der Waals surface area contributed by atoms with Crippen molar-refractivity contribution in [3.8, 4) is 40.0 Å². The summed E-state index contributed by atoms with van der Waals surface area (Å²) in [6.07, 6.45) is 3.53. The number of hydrogen-bond acceptors (Lipinski definition) is 7. The predicted octanol–water partition coefficient (Wildman–Crippen LogP) is 6.00. The standard InChI is InChI=1S/C28H27N3O4S/c1-5-15-29-28-31(24(19-36-28)21-16-25(32-2)27(34-4)26(17-21)33-3)30-18-20-11-13-23(14-12-20)35-22-9-7-6-8-10-22/h5-14,16-19H,1,15H2,2-4H3/b29-28?,30-18-. The van der Waals surface area contributed by atoms with Crippen molar-refractivity contribution in [2.45, 2.75) is 0 Å². The van der Waals surface area contributed by atoms with E-state index in [4.69, 9.17) is 24.0 Å². The van der Waals surface area contributed by atoms with Gasteiger partial charge in [-0.15, -0.1) is 17.9 Å². The van der Waals surface area contributed by atoms with Gasteiger partial charge in [-0.25, -0.2) is 4.68 Å². The molecule has 0 aliphatic heterocycles. The van der Waals surface area contributed by atoms with Gasteiger partial charge in [-0.1, -0.05) is 24.3 Å². The molecular weight excluding hydrogens is 474 g/mol. The van der Waals surface area contributed by atoms with E-state index in [1.807, 2.05) is 72.1 Å². The molecule has 0 atom stereocenters. The Hall–Kier alpha value is -4.30. The van der Waals surface area contributed by atoms with Crippen molar-refractivity contribution in [3.05, 3.63) is 95.1 Å². The van der Waals surface area contributed by atoms with Gasteiger partial charge in [0.25, 0.3) is 0 Å². The molecule has 4 rings (SSSR count). The van der Waals surface area contributed by atoms with Gasteiger partial charge in [0.15, 0.2) is 11.5 Å². The number of aromatic nitrogens is 1. The molecule has 0 N–H and O–H groups in total. The SMILES string of the molecule is C=CCN=c1scc(-c2cc(OC)c(OC)c(OC)c2)n1/N=C\c1ccc(Oc2ccccc2)cc1. The maximum Gasteiger partial charge on any atom is 0.206 e. The summed E-state index contributed by atoms with van der Waals surface area (Å²) in [4.78, 5) is 5.34. The van der Waals surface area contributed by atoms with Gasteiger partial charge >= 0.3 is 0 Å². The number of thiazole rings is 1. The zero-order valence-corrected chi connectivity index (χ0v) is 21.2. The van der Waals surface area contributed by atoms with Gasteiger partial charge in [0.2, 0.25) is 10.6 Å². The summed E-state index contributed by atoms with van der Waals surface area (Å²) in [7, 11) is 4.77. The molecule has 1 heterocycles. The van der Waals surface area contributed by atoms with E-state index < -0.39 is 0 Å². The number of methoxy groups -OCH3 is 3. The monoisotopic (exact) mass is 501 g/mol. The smallest absolute Gasteiger partial charge is 0.206 e. The molecule has 0 saturated carbocycles. The second-order valence-corrected chi connectivity index (χ2v) is 8.32. The van der Waals surface area contributed by atoms with Crippen LogP contribution in [-0.2, 0) is 0 Å². The lowest BCUT2D eigenvalue weighted by Crippen LogP contribution is -2.12. The van der Waals surface area contributed by atoms with E-state index >= 15 is 0 Å². The minimum absolute atomic E-state index is 0.482. The molecule has 0 radical (unpaired) electrons. The Morgan fingerprint density at radius 1 is 0.889 bits per heavy atom. The van der Waals surface area contributed by atoms with Crippen LogP contribution in [0, 0.1) is 0 Å². The zero-order valence-electron chi connectivity index (χ0n) is 20.4. The fourth-order valence-corrected chi connectivity index (χ4v) is 4.31. The van der Waals surface area contributed by atoms with E-state index in [0.717, 1.165) is 33.1 Å². The molecule has 0 aliphatic rings. The first-order chi connectivity index (χ1) is 17.7. The second-order valence-electron chi connectivity index (χ2n) is 7.49. The van der Waals surface area contributed by atoms with Crippen molar-refractivity contribution in [2.75, 3.05) is 27.9 Å². The van der Waals surface area contributed by atoms with Gasteiger partial charge in [-0.3, -0.25) is 4.99 Å². The quantitative estimate of drug-likeness (QED) is 0.197. The highest BCUT2D eigenvalue weighted by molar-refractivity contribution is 7.07. The lowest BCUT2D eigenvalue weighted by Gasteiger charge is -2.14. The van der Waals surface area contributed by atoms with Crippen molar-refractivity contribution in [2.24, 2.45) is 10.1 Å². The molecule has 0 amide bonds. The molecule has 0 fully saturated rings. The van der Waals surface area contributed by atoms with E-state index in [0.29, 0.717) is 23.8 Å². The summed E-state index contributed by atoms with van der Waals surface area (Å²) in [5, 5.41) is 6.75. The molecule has 7 nitrogen and oxygen atoms in total. The van der Waals surface area contributed by atoms with Gasteiger partial charge in [-0.2, -0.15) is 5.10 Å². The Bertz CT molecular complexity index is 1380. The van der Waals surface area contributed by atoms with Crippen LogP contribution in [0.25, 0.3) is 11.3 Å². The molecule has 8 heteroatoms. The first-order valence-corrected chi connectivity index (χ1v) is 12.0. The van der Waals surface area contributed by atoms with Crippen molar-refractivity contribution in [1.29, 1.82) is 0 Å². The molecule has 1 aromatic heterocycles. The van der Waals surface area contributed by atoms with Crippen LogP contribution in [0.15, 0.2) is 94.9 Å². The lowest BCUT2D eigenvalue weighted by molar-refractivity contribution is 0.324. The molecule has 184 valence electrons. The molecule has 0 spiro atoms. The van der Waals surface area contributed by atoms with Crippen LogP contribution in [0.2, 0.25) is 0 Å². The minimum atomic E-state index is 0.482. The van der Waals surface area contributed by atoms with Gasteiger partial charge in [0, 0.05) is 10.9 Å². The van der Waals surface area contributed by atoms with Gasteiger partial charge in [-0.05, 0) is 54.1 Å². The third-order valence-electron chi connectivity index (χ3n) is 5.18. The Labute approximate surface area is 214 Å². The number of nitrogens with zero attached hydrogens (tertiary/aromatic N) is 3. The predicted molar refractivity (Wildman–Crippen MR) is 144 cm³/mol. The molecular formula is C28H27N3O4S. The van der Waals surface area contributed by atoms with Crippen molar-refractivity contribution in [1.82, 2.24) is 4.68 Å². The number of benzene rings is 3. The molecule has 36 heavy (non-hydrogen) atoms. The van der Waals surface area contributed by atoms with E-state index in [-0.39, 0.29) is 0 Å². The highest BCUT2D eigenvalue weighted by Crippen LogP contribution is 2.41. The van der Waals surface area contributed by atoms with Crippen LogP contribution in [-0.4, -0.2) is 38.8 Å². The van der Waals surface area contributed by atoms with Gasteiger partial charge < -0.3 is 18.9 Å². The lowest BCUT2D eigenvalue weighted by atomic mass is 10.1. The molecule has 3 aromatic carbocycles. The summed E-state index contributed by atoms with van der Waals surface area (Å²) >= 11 is 1.49. The number of ether oxygens (including phenoxy) is 4. The Morgan fingerprint density at radius 3 is 2.17 bits per heavy atom. The summed E-state index contributed by atoms with van der Waals surface area (Å²) in [6.45, 7) is 4.25. The average molecular weight is 502 g/mol. The van der Waals surface area contributed by atoms with Crippen LogP contribution < -0.4 is 23.7 Å². The molecule has 4 aromatic rings. The van der Waals surface area contributed by atoms with E-state index in [1.165, 1.54) is 11.3 Å². The van der Waals surface area contributed by atoms with Crippen molar-refractivity contribution in [3.63, 3.8) is 0 Å².